The number of hydrogen-bond donors (Lipinski definition) is 1. The fourth-order valence-electron chi connectivity index (χ4n) is 5.92. The van der Waals surface area contributed by atoms with Crippen LogP contribution in [0, 0.1) is 12.3 Å². The molecule has 2 saturated heterocycles. The minimum Gasteiger partial charge on any atom is -0.478 e. The van der Waals surface area contributed by atoms with E-state index in [1.54, 1.807) is 18.3 Å². The maximum atomic E-state index is 11.8. The minimum atomic E-state index is -1.05. The third kappa shape index (κ3) is 5.03. The Morgan fingerprint density at radius 1 is 1.19 bits per heavy atom. The molecule has 0 spiro atoms. The normalized spacial score (nSPS) is 21.5. The van der Waals surface area contributed by atoms with E-state index in [2.05, 4.69) is 31.3 Å². The molecule has 11 heteroatoms. The molecule has 220 valence electrons. The van der Waals surface area contributed by atoms with Gasteiger partial charge in [0.1, 0.15) is 17.0 Å². The maximum absolute atomic E-state index is 11.8. The fraction of sp³-hybridized carbons (Fsp3) is 0.344. The quantitative estimate of drug-likeness (QED) is 0.307. The molecule has 5 heterocycles. The third-order valence-corrected chi connectivity index (χ3v) is 8.57. The number of rotatable bonds is 7. The highest BCUT2D eigenvalue weighted by molar-refractivity contribution is 6.30. The van der Waals surface area contributed by atoms with E-state index in [1.165, 1.54) is 6.07 Å². The van der Waals surface area contributed by atoms with Gasteiger partial charge in [0.2, 0.25) is 0 Å². The highest BCUT2D eigenvalue weighted by Crippen LogP contribution is 2.49. The van der Waals surface area contributed by atoms with Crippen LogP contribution < -0.4 is 14.4 Å². The lowest BCUT2D eigenvalue weighted by molar-refractivity contribution is -0.0716. The molecule has 1 unspecified atom stereocenters. The highest BCUT2D eigenvalue weighted by Gasteiger charge is 2.42. The van der Waals surface area contributed by atoms with Gasteiger partial charge in [0, 0.05) is 45.9 Å². The van der Waals surface area contributed by atoms with Crippen molar-refractivity contribution in [1.29, 1.82) is 0 Å². The molecule has 43 heavy (non-hydrogen) atoms. The van der Waals surface area contributed by atoms with Gasteiger partial charge in [0.05, 0.1) is 46.5 Å². The summed E-state index contributed by atoms with van der Waals surface area (Å²) in [5, 5.41) is 10.2. The van der Waals surface area contributed by atoms with E-state index >= 15 is 0 Å². The summed E-state index contributed by atoms with van der Waals surface area (Å²) in [4.78, 5) is 25.8. The molecular formula is C32H30ClN5O5. The van der Waals surface area contributed by atoms with Gasteiger partial charge in [-0.3, -0.25) is 9.88 Å². The molecule has 0 amide bonds. The SMILES string of the molecule is C#Cc1cc(C(=O)O)cc2c1nc(CN1CCN(c3cccc4c3OC(C)(c3ccc(Cl)cn3)O4)CC1)n2C[C@@H]1CCO1. The molecule has 0 saturated carbocycles. The van der Waals surface area contributed by atoms with Crippen LogP contribution in [0.1, 0.15) is 40.8 Å². The zero-order chi connectivity index (χ0) is 29.7. The third-order valence-electron chi connectivity index (χ3n) is 8.35. The molecule has 2 aromatic heterocycles. The van der Waals surface area contributed by atoms with Crippen molar-refractivity contribution in [2.75, 3.05) is 37.7 Å². The van der Waals surface area contributed by atoms with Crippen LogP contribution in [0.2, 0.25) is 5.02 Å². The Morgan fingerprint density at radius 3 is 2.67 bits per heavy atom. The Bertz CT molecular complexity index is 1750. The molecule has 3 aliphatic heterocycles. The van der Waals surface area contributed by atoms with Crippen molar-refractivity contribution in [3.8, 4) is 23.8 Å². The van der Waals surface area contributed by atoms with Crippen molar-refractivity contribution in [2.45, 2.75) is 38.3 Å². The van der Waals surface area contributed by atoms with Crippen molar-refractivity contribution in [1.82, 2.24) is 19.4 Å². The number of para-hydroxylation sites is 1. The number of piperazine rings is 1. The molecule has 0 bridgehead atoms. The van der Waals surface area contributed by atoms with E-state index in [9.17, 15) is 9.90 Å². The second-order valence-electron chi connectivity index (χ2n) is 11.1. The summed E-state index contributed by atoms with van der Waals surface area (Å²) in [6, 6.07) is 12.7. The Labute approximate surface area is 253 Å². The number of imidazole rings is 1. The standard InChI is InChI=1S/C32H30ClN5O5/c1-3-20-15-21(31(39)40)16-25-29(20)35-28(38(25)18-23-9-14-41-23)19-36-10-12-37(13-11-36)24-5-4-6-26-30(24)43-32(2,42-26)27-8-7-22(33)17-34-27/h1,4-8,15-17,23H,9-14,18-19H2,2H3,(H,39,40)/t23-,32?/m0/s1. The molecule has 7 rings (SSSR count). The number of aromatic carboxylic acids is 1. The number of carboxylic acid groups (broad SMARTS) is 1. The number of carbonyl (C=O) groups is 1. The number of fused-ring (bicyclic) bond motifs is 2. The largest absolute Gasteiger partial charge is 0.478 e. The molecule has 10 nitrogen and oxygen atoms in total. The molecule has 1 N–H and O–H groups in total. The van der Waals surface area contributed by atoms with E-state index in [0.717, 1.165) is 56.2 Å². The molecule has 0 aliphatic carbocycles. The fourth-order valence-corrected chi connectivity index (χ4v) is 6.03. The number of benzene rings is 2. The minimum absolute atomic E-state index is 0.0759. The second kappa shape index (κ2) is 10.8. The first kappa shape index (κ1) is 27.5. The Balaban J connectivity index is 1.10. The molecule has 0 radical (unpaired) electrons. The zero-order valence-corrected chi connectivity index (χ0v) is 24.4. The summed E-state index contributed by atoms with van der Waals surface area (Å²) in [6.07, 6.45) is 8.39. The van der Waals surface area contributed by atoms with Crippen molar-refractivity contribution in [3.05, 3.63) is 76.3 Å². The van der Waals surface area contributed by atoms with E-state index in [4.69, 9.17) is 37.2 Å². The van der Waals surface area contributed by atoms with Crippen LogP contribution in [0.3, 0.4) is 0 Å². The first-order valence-corrected chi connectivity index (χ1v) is 14.6. The number of ether oxygens (including phenoxy) is 3. The van der Waals surface area contributed by atoms with Crippen molar-refractivity contribution in [2.24, 2.45) is 0 Å². The number of hydrogen-bond acceptors (Lipinski definition) is 8. The van der Waals surface area contributed by atoms with Gasteiger partial charge < -0.3 is 28.8 Å². The molecule has 2 atom stereocenters. The predicted octanol–water partition coefficient (Wildman–Crippen LogP) is 4.52. The molecule has 3 aliphatic rings. The summed E-state index contributed by atoms with van der Waals surface area (Å²) < 4.78 is 20.5. The van der Waals surface area contributed by atoms with Gasteiger partial charge in [-0.2, -0.15) is 0 Å². The smallest absolute Gasteiger partial charge is 0.335 e. The Morgan fingerprint density at radius 2 is 2.00 bits per heavy atom. The summed E-state index contributed by atoms with van der Waals surface area (Å²) in [6.45, 7) is 6.95. The Kier molecular flexibility index (Phi) is 6.89. The van der Waals surface area contributed by atoms with Gasteiger partial charge in [-0.1, -0.05) is 23.6 Å². The number of terminal acetylenes is 1. The average Bonchev–Trinajstić information content (AvgIpc) is 3.52. The van der Waals surface area contributed by atoms with Crippen molar-refractivity contribution in [3.63, 3.8) is 0 Å². The van der Waals surface area contributed by atoms with E-state index in [-0.39, 0.29) is 11.7 Å². The number of halogens is 1. The monoisotopic (exact) mass is 599 g/mol. The lowest BCUT2D eigenvalue weighted by atomic mass is 10.1. The molecule has 2 aromatic carbocycles. The van der Waals surface area contributed by atoms with Crippen molar-refractivity contribution < 1.29 is 24.1 Å². The topological polar surface area (TPSA) is 102 Å². The van der Waals surface area contributed by atoms with E-state index in [1.807, 2.05) is 25.1 Å². The second-order valence-corrected chi connectivity index (χ2v) is 11.6. The molecular weight excluding hydrogens is 570 g/mol. The summed E-state index contributed by atoms with van der Waals surface area (Å²) in [7, 11) is 0. The maximum Gasteiger partial charge on any atom is 0.335 e. The van der Waals surface area contributed by atoms with Gasteiger partial charge in [-0.25, -0.2) is 9.78 Å². The first-order chi connectivity index (χ1) is 20.8. The van der Waals surface area contributed by atoms with Crippen LogP contribution in [0.5, 0.6) is 11.5 Å². The van der Waals surface area contributed by atoms with Crippen LogP contribution in [-0.4, -0.2) is 69.4 Å². The van der Waals surface area contributed by atoms with Gasteiger partial charge >= 0.3 is 5.97 Å². The van der Waals surface area contributed by atoms with Crippen molar-refractivity contribution >= 4 is 34.3 Å². The van der Waals surface area contributed by atoms with E-state index in [0.29, 0.717) is 46.4 Å². The summed E-state index contributed by atoms with van der Waals surface area (Å²) in [5.74, 6) is 2.79. The first-order valence-electron chi connectivity index (χ1n) is 14.3. The number of anilines is 1. The summed E-state index contributed by atoms with van der Waals surface area (Å²) in [5.41, 5.74) is 3.63. The number of carboxylic acids is 1. The van der Waals surface area contributed by atoms with Gasteiger partial charge in [0.15, 0.2) is 11.5 Å². The number of aromatic nitrogens is 3. The van der Waals surface area contributed by atoms with Gasteiger partial charge in [-0.05, 0) is 42.8 Å². The molecule has 4 aromatic rings. The predicted molar refractivity (Wildman–Crippen MR) is 161 cm³/mol. The van der Waals surface area contributed by atoms with Crippen LogP contribution in [0.25, 0.3) is 11.0 Å². The van der Waals surface area contributed by atoms with Crippen LogP contribution >= 0.6 is 11.6 Å². The van der Waals surface area contributed by atoms with Crippen LogP contribution in [0.15, 0.2) is 48.7 Å². The van der Waals surface area contributed by atoms with Gasteiger partial charge in [0.25, 0.3) is 5.79 Å². The van der Waals surface area contributed by atoms with Gasteiger partial charge in [-0.15, -0.1) is 6.42 Å². The highest BCUT2D eigenvalue weighted by atomic mass is 35.5. The molecule has 2 fully saturated rings. The van der Waals surface area contributed by atoms with Crippen LogP contribution in [-0.2, 0) is 23.6 Å². The number of pyridine rings is 1. The lowest BCUT2D eigenvalue weighted by Gasteiger charge is -2.36. The van der Waals surface area contributed by atoms with E-state index < -0.39 is 11.8 Å². The van der Waals surface area contributed by atoms with Crippen LogP contribution in [0.4, 0.5) is 5.69 Å². The Hall–Kier alpha value is -4.30. The zero-order valence-electron chi connectivity index (χ0n) is 23.6. The summed E-state index contributed by atoms with van der Waals surface area (Å²) >= 11 is 6.04. The average molecular weight is 600 g/mol. The number of nitrogens with zero attached hydrogens (tertiary/aromatic N) is 5. The lowest BCUT2D eigenvalue weighted by Crippen LogP contribution is -2.46.